The Morgan fingerprint density at radius 3 is 2.88 bits per heavy atom. The summed E-state index contributed by atoms with van der Waals surface area (Å²) in [5, 5.41) is 3.39. The van der Waals surface area contributed by atoms with Gasteiger partial charge < -0.3 is 14.8 Å². The first-order chi connectivity index (χ1) is 7.83. The number of pyridine rings is 1. The van der Waals surface area contributed by atoms with Crippen molar-refractivity contribution in [2.45, 2.75) is 19.4 Å². The van der Waals surface area contributed by atoms with E-state index < -0.39 is 0 Å². The fourth-order valence-corrected chi connectivity index (χ4v) is 1.65. The lowest BCUT2D eigenvalue weighted by molar-refractivity contribution is 0.182. The minimum atomic E-state index is 0.182. The van der Waals surface area contributed by atoms with Gasteiger partial charge in [0.2, 0.25) is 0 Å². The first-order valence-electron chi connectivity index (χ1n) is 5.54. The number of nitrogens with one attached hydrogen (secondary N) is 1. The van der Waals surface area contributed by atoms with Crippen molar-refractivity contribution < 1.29 is 9.47 Å². The Labute approximate surface area is 97.0 Å². The molecule has 0 saturated carbocycles. The van der Waals surface area contributed by atoms with Gasteiger partial charge in [0, 0.05) is 19.9 Å². The fourth-order valence-electron chi connectivity index (χ4n) is 1.65. The predicted octanol–water partition coefficient (Wildman–Crippen LogP) is 1.78. The van der Waals surface area contributed by atoms with Gasteiger partial charge in [-0.3, -0.25) is 4.98 Å². The fraction of sp³-hybridized carbons (Fsp3) is 0.583. The summed E-state index contributed by atoms with van der Waals surface area (Å²) in [4.78, 5) is 4.38. The van der Waals surface area contributed by atoms with Gasteiger partial charge >= 0.3 is 0 Å². The Hall–Kier alpha value is -1.13. The molecule has 1 rings (SSSR count). The normalized spacial score (nSPS) is 12.4. The molecule has 1 unspecified atom stereocenters. The summed E-state index contributed by atoms with van der Waals surface area (Å²) >= 11 is 0. The summed E-state index contributed by atoms with van der Waals surface area (Å²) in [5.41, 5.74) is 0.948. The number of hydrogen-bond donors (Lipinski definition) is 1. The third kappa shape index (κ3) is 3.47. The summed E-state index contributed by atoms with van der Waals surface area (Å²) < 4.78 is 10.4. The molecule has 1 atom stereocenters. The van der Waals surface area contributed by atoms with Crippen LogP contribution in [0.2, 0.25) is 0 Å². The van der Waals surface area contributed by atoms with Gasteiger partial charge in [0.25, 0.3) is 0 Å². The summed E-state index contributed by atoms with van der Waals surface area (Å²) in [6, 6.07) is 3.99. The maximum absolute atomic E-state index is 5.31. The molecule has 0 amide bonds. The zero-order valence-corrected chi connectivity index (χ0v) is 10.2. The molecule has 0 radical (unpaired) electrons. The predicted molar refractivity (Wildman–Crippen MR) is 63.7 cm³/mol. The highest BCUT2D eigenvalue weighted by Gasteiger charge is 2.15. The van der Waals surface area contributed by atoms with Gasteiger partial charge in [-0.25, -0.2) is 0 Å². The minimum Gasteiger partial charge on any atom is -0.495 e. The first kappa shape index (κ1) is 12.9. The second kappa shape index (κ2) is 7.19. The minimum absolute atomic E-state index is 0.182. The monoisotopic (exact) mass is 224 g/mol. The molecule has 1 aromatic heterocycles. The molecular formula is C12H20N2O2. The van der Waals surface area contributed by atoms with Crippen molar-refractivity contribution in [2.75, 3.05) is 27.4 Å². The average Bonchev–Trinajstić information content (AvgIpc) is 2.34. The molecule has 4 heteroatoms. The van der Waals surface area contributed by atoms with Crippen LogP contribution >= 0.6 is 0 Å². The summed E-state index contributed by atoms with van der Waals surface area (Å²) in [6.45, 7) is 3.68. The second-order valence-corrected chi connectivity index (χ2v) is 3.48. The van der Waals surface area contributed by atoms with Crippen molar-refractivity contribution >= 4 is 0 Å². The molecule has 0 saturated heterocycles. The molecule has 0 spiro atoms. The zero-order valence-electron chi connectivity index (χ0n) is 10.2. The molecular weight excluding hydrogens is 204 g/mol. The Kier molecular flexibility index (Phi) is 5.82. The van der Waals surface area contributed by atoms with E-state index >= 15 is 0 Å². The highest BCUT2D eigenvalue weighted by Crippen LogP contribution is 2.24. The van der Waals surface area contributed by atoms with Gasteiger partial charge in [0.1, 0.15) is 5.75 Å². The van der Waals surface area contributed by atoms with Crippen molar-refractivity contribution in [3.05, 3.63) is 24.0 Å². The molecule has 1 heterocycles. The molecule has 16 heavy (non-hydrogen) atoms. The third-order valence-corrected chi connectivity index (χ3v) is 2.41. The van der Waals surface area contributed by atoms with Gasteiger partial charge in [-0.05, 0) is 25.1 Å². The topological polar surface area (TPSA) is 43.4 Å². The smallest absolute Gasteiger partial charge is 0.141 e. The lowest BCUT2D eigenvalue weighted by atomic mass is 10.1. The van der Waals surface area contributed by atoms with E-state index in [-0.39, 0.29) is 6.04 Å². The van der Waals surface area contributed by atoms with E-state index in [0.29, 0.717) is 6.61 Å². The lowest BCUT2D eigenvalue weighted by Gasteiger charge is -2.19. The van der Waals surface area contributed by atoms with Crippen molar-refractivity contribution in [3.63, 3.8) is 0 Å². The Bertz CT molecular complexity index is 305. The number of methoxy groups -OCH3 is 2. The molecule has 0 aliphatic carbocycles. The van der Waals surface area contributed by atoms with E-state index in [1.54, 1.807) is 20.4 Å². The molecule has 0 bridgehead atoms. The van der Waals surface area contributed by atoms with Crippen LogP contribution in [0.5, 0.6) is 5.75 Å². The molecule has 4 nitrogen and oxygen atoms in total. The van der Waals surface area contributed by atoms with Crippen LogP contribution in [0.3, 0.4) is 0 Å². The standard InChI is InChI=1S/C12H20N2O2/c1-4-13-10(7-9-15-2)12-11(16-3)6-5-8-14-12/h5-6,8,10,13H,4,7,9H2,1-3H3. The molecule has 1 aromatic rings. The molecule has 90 valence electrons. The highest BCUT2D eigenvalue weighted by molar-refractivity contribution is 5.29. The molecule has 0 aliphatic heterocycles. The second-order valence-electron chi connectivity index (χ2n) is 3.48. The van der Waals surface area contributed by atoms with E-state index in [2.05, 4.69) is 17.2 Å². The molecule has 0 aromatic carbocycles. The van der Waals surface area contributed by atoms with Gasteiger partial charge in [-0.1, -0.05) is 6.92 Å². The van der Waals surface area contributed by atoms with Crippen molar-refractivity contribution in [1.82, 2.24) is 10.3 Å². The number of hydrogen-bond acceptors (Lipinski definition) is 4. The number of rotatable bonds is 7. The zero-order chi connectivity index (χ0) is 11.8. The van der Waals surface area contributed by atoms with Crippen LogP contribution in [0.25, 0.3) is 0 Å². The first-order valence-corrected chi connectivity index (χ1v) is 5.54. The SMILES string of the molecule is CCNC(CCOC)c1ncccc1OC. The molecule has 1 N–H and O–H groups in total. The van der Waals surface area contributed by atoms with Crippen LogP contribution in [-0.2, 0) is 4.74 Å². The number of aromatic nitrogens is 1. The van der Waals surface area contributed by atoms with Crippen LogP contribution in [0.15, 0.2) is 18.3 Å². The van der Waals surface area contributed by atoms with Crippen LogP contribution < -0.4 is 10.1 Å². The Balaban J connectivity index is 2.81. The summed E-state index contributed by atoms with van der Waals surface area (Å²) in [6.07, 6.45) is 2.67. The van der Waals surface area contributed by atoms with Gasteiger partial charge in [0.05, 0.1) is 18.8 Å². The van der Waals surface area contributed by atoms with E-state index in [9.17, 15) is 0 Å². The summed E-state index contributed by atoms with van der Waals surface area (Å²) in [7, 11) is 3.37. The lowest BCUT2D eigenvalue weighted by Crippen LogP contribution is -2.23. The van der Waals surface area contributed by atoms with E-state index in [0.717, 1.165) is 24.4 Å². The maximum atomic E-state index is 5.31. The van der Waals surface area contributed by atoms with Gasteiger partial charge in [-0.2, -0.15) is 0 Å². The van der Waals surface area contributed by atoms with Crippen LogP contribution in [0.4, 0.5) is 0 Å². The average molecular weight is 224 g/mol. The maximum Gasteiger partial charge on any atom is 0.141 e. The van der Waals surface area contributed by atoms with E-state index in [1.165, 1.54) is 0 Å². The van der Waals surface area contributed by atoms with E-state index in [4.69, 9.17) is 9.47 Å². The van der Waals surface area contributed by atoms with Crippen molar-refractivity contribution in [2.24, 2.45) is 0 Å². The Morgan fingerprint density at radius 2 is 2.25 bits per heavy atom. The van der Waals surface area contributed by atoms with Gasteiger partial charge in [-0.15, -0.1) is 0 Å². The molecule has 0 fully saturated rings. The highest BCUT2D eigenvalue weighted by atomic mass is 16.5. The van der Waals surface area contributed by atoms with E-state index in [1.807, 2.05) is 12.1 Å². The summed E-state index contributed by atoms with van der Waals surface area (Å²) in [5.74, 6) is 0.824. The van der Waals surface area contributed by atoms with Gasteiger partial charge in [0.15, 0.2) is 0 Å². The van der Waals surface area contributed by atoms with Crippen LogP contribution in [0.1, 0.15) is 25.1 Å². The largest absolute Gasteiger partial charge is 0.495 e. The number of ether oxygens (including phenoxy) is 2. The quantitative estimate of drug-likeness (QED) is 0.766. The number of nitrogens with zero attached hydrogens (tertiary/aromatic N) is 1. The van der Waals surface area contributed by atoms with Crippen LogP contribution in [0, 0.1) is 0 Å². The van der Waals surface area contributed by atoms with Crippen LogP contribution in [-0.4, -0.2) is 32.4 Å². The molecule has 0 aliphatic rings. The third-order valence-electron chi connectivity index (χ3n) is 2.41. The van der Waals surface area contributed by atoms with Crippen molar-refractivity contribution in [1.29, 1.82) is 0 Å². The van der Waals surface area contributed by atoms with Crippen molar-refractivity contribution in [3.8, 4) is 5.75 Å². The Morgan fingerprint density at radius 1 is 1.44 bits per heavy atom.